The van der Waals surface area contributed by atoms with E-state index in [1.807, 2.05) is 6.07 Å². The number of anilines is 1. The van der Waals surface area contributed by atoms with Crippen LogP contribution in [0.15, 0.2) is 83.8 Å². The van der Waals surface area contributed by atoms with Gasteiger partial charge in [-0.05, 0) is 29.8 Å². The molecule has 0 unspecified atom stereocenters. The lowest BCUT2D eigenvalue weighted by Gasteiger charge is -2.24. The molecule has 3 aromatic carbocycles. The normalized spacial score (nSPS) is 11.3. The Morgan fingerprint density at radius 1 is 0.760 bits per heavy atom. The van der Waals surface area contributed by atoms with Gasteiger partial charge in [0, 0.05) is 6.07 Å². The van der Waals surface area contributed by atoms with Crippen LogP contribution in [0.5, 0.6) is 0 Å². The van der Waals surface area contributed by atoms with Crippen LogP contribution in [0.2, 0.25) is 0 Å². The van der Waals surface area contributed by atoms with Gasteiger partial charge in [-0.25, -0.2) is 17.2 Å². The van der Waals surface area contributed by atoms with Crippen LogP contribution in [0.4, 0.5) is 14.5 Å². The van der Waals surface area contributed by atoms with E-state index in [9.17, 15) is 17.2 Å². The van der Waals surface area contributed by atoms with Crippen molar-refractivity contribution in [1.82, 2.24) is 0 Å². The first-order valence-electron chi connectivity index (χ1n) is 7.54. The van der Waals surface area contributed by atoms with Gasteiger partial charge < -0.3 is 0 Å². The number of hydrogen-bond acceptors (Lipinski definition) is 2. The van der Waals surface area contributed by atoms with Crippen molar-refractivity contribution in [2.24, 2.45) is 0 Å². The van der Waals surface area contributed by atoms with Crippen LogP contribution >= 0.6 is 0 Å². The minimum absolute atomic E-state index is 0.0469. The molecule has 0 bridgehead atoms. The number of halogens is 2. The first-order valence-corrected chi connectivity index (χ1v) is 8.98. The van der Waals surface area contributed by atoms with Crippen molar-refractivity contribution in [2.45, 2.75) is 11.4 Å². The van der Waals surface area contributed by atoms with Crippen molar-refractivity contribution in [3.63, 3.8) is 0 Å². The first-order chi connectivity index (χ1) is 12.0. The van der Waals surface area contributed by atoms with E-state index in [1.165, 1.54) is 0 Å². The van der Waals surface area contributed by atoms with Crippen LogP contribution in [0.1, 0.15) is 5.56 Å². The number of nitrogens with zero attached hydrogens (tertiary/aromatic N) is 1. The van der Waals surface area contributed by atoms with Crippen LogP contribution < -0.4 is 4.31 Å². The van der Waals surface area contributed by atoms with E-state index in [0.717, 1.165) is 22.0 Å². The number of hydrogen-bond donors (Lipinski definition) is 0. The second-order valence-electron chi connectivity index (χ2n) is 5.44. The molecule has 128 valence electrons. The average Bonchev–Trinajstić information content (AvgIpc) is 2.60. The van der Waals surface area contributed by atoms with Gasteiger partial charge in [-0.1, -0.05) is 48.5 Å². The van der Waals surface area contributed by atoms with E-state index in [2.05, 4.69) is 0 Å². The first kappa shape index (κ1) is 17.1. The maximum Gasteiger partial charge on any atom is 0.264 e. The van der Waals surface area contributed by atoms with Gasteiger partial charge in [0.1, 0.15) is 11.6 Å². The van der Waals surface area contributed by atoms with E-state index in [1.54, 1.807) is 54.6 Å². The predicted molar refractivity (Wildman–Crippen MR) is 92.6 cm³/mol. The van der Waals surface area contributed by atoms with Crippen molar-refractivity contribution in [1.29, 1.82) is 0 Å². The van der Waals surface area contributed by atoms with E-state index in [-0.39, 0.29) is 6.54 Å². The lowest BCUT2D eigenvalue weighted by Crippen LogP contribution is -2.30. The minimum atomic E-state index is -4.14. The highest BCUT2D eigenvalue weighted by atomic mass is 32.2. The van der Waals surface area contributed by atoms with Gasteiger partial charge in [0.25, 0.3) is 10.0 Å². The summed E-state index contributed by atoms with van der Waals surface area (Å²) in [4.78, 5) is -0.426. The maximum absolute atomic E-state index is 13.5. The molecule has 0 aliphatic heterocycles. The smallest absolute Gasteiger partial charge is 0.262 e. The fraction of sp³-hybridized carbons (Fsp3) is 0.0526. The highest BCUT2D eigenvalue weighted by Crippen LogP contribution is 2.26. The topological polar surface area (TPSA) is 37.4 Å². The number of sulfonamides is 1. The second kappa shape index (κ2) is 7.03. The summed E-state index contributed by atoms with van der Waals surface area (Å²) in [5.41, 5.74) is 1.17. The number of benzene rings is 3. The van der Waals surface area contributed by atoms with Gasteiger partial charge in [0.2, 0.25) is 0 Å². The summed E-state index contributed by atoms with van der Waals surface area (Å²) in [6, 6.07) is 19.7. The SMILES string of the molecule is O=S(=O)(c1cc(F)cc(F)c1)N(Cc1ccccc1)c1ccccc1. The quantitative estimate of drug-likeness (QED) is 0.679. The Labute approximate surface area is 145 Å². The molecule has 0 amide bonds. The summed E-state index contributed by atoms with van der Waals surface area (Å²) in [5.74, 6) is -1.88. The number of rotatable bonds is 5. The Morgan fingerprint density at radius 2 is 1.28 bits per heavy atom. The second-order valence-corrected chi connectivity index (χ2v) is 7.30. The largest absolute Gasteiger partial charge is 0.264 e. The van der Waals surface area contributed by atoms with Crippen molar-refractivity contribution in [3.8, 4) is 0 Å². The third kappa shape index (κ3) is 3.85. The summed E-state index contributed by atoms with van der Waals surface area (Å²) in [6.45, 7) is 0.0469. The van der Waals surface area contributed by atoms with Gasteiger partial charge in [0.05, 0.1) is 17.1 Å². The molecule has 6 heteroatoms. The van der Waals surface area contributed by atoms with Gasteiger partial charge >= 0.3 is 0 Å². The molecule has 0 fully saturated rings. The van der Waals surface area contributed by atoms with E-state index < -0.39 is 26.6 Å². The molecule has 3 nitrogen and oxygen atoms in total. The third-order valence-electron chi connectivity index (χ3n) is 3.64. The highest BCUT2D eigenvalue weighted by Gasteiger charge is 2.26. The lowest BCUT2D eigenvalue weighted by molar-refractivity contribution is 0.565. The van der Waals surface area contributed by atoms with E-state index >= 15 is 0 Å². The Bertz CT molecular complexity index is 941. The van der Waals surface area contributed by atoms with Crippen molar-refractivity contribution in [3.05, 3.63) is 96.1 Å². The monoisotopic (exact) mass is 359 g/mol. The van der Waals surface area contributed by atoms with Crippen LogP contribution in [0.25, 0.3) is 0 Å². The zero-order valence-electron chi connectivity index (χ0n) is 13.1. The van der Waals surface area contributed by atoms with Gasteiger partial charge in [-0.2, -0.15) is 0 Å². The molecular formula is C19H15F2NO2S. The fourth-order valence-corrected chi connectivity index (χ4v) is 3.96. The molecule has 0 aromatic heterocycles. The molecule has 3 aromatic rings. The predicted octanol–water partition coefficient (Wildman–Crippen LogP) is 4.36. The van der Waals surface area contributed by atoms with Crippen LogP contribution in [0.3, 0.4) is 0 Å². The van der Waals surface area contributed by atoms with Gasteiger partial charge in [-0.3, -0.25) is 4.31 Å². The van der Waals surface area contributed by atoms with Crippen molar-refractivity contribution < 1.29 is 17.2 Å². The fourth-order valence-electron chi connectivity index (χ4n) is 2.46. The molecule has 0 saturated heterocycles. The van der Waals surface area contributed by atoms with E-state index in [4.69, 9.17) is 0 Å². The molecule has 0 saturated carbocycles. The lowest BCUT2D eigenvalue weighted by atomic mass is 10.2. The molecule has 0 atom stereocenters. The molecule has 0 heterocycles. The van der Waals surface area contributed by atoms with Crippen molar-refractivity contribution in [2.75, 3.05) is 4.31 Å². The molecular weight excluding hydrogens is 344 g/mol. The standard InChI is InChI=1S/C19H15F2NO2S/c20-16-11-17(21)13-19(12-16)25(23,24)22(18-9-5-2-6-10-18)14-15-7-3-1-4-8-15/h1-13H,14H2. The van der Waals surface area contributed by atoms with Gasteiger partial charge in [0.15, 0.2) is 0 Å². The Morgan fingerprint density at radius 3 is 1.84 bits per heavy atom. The van der Waals surface area contributed by atoms with E-state index in [0.29, 0.717) is 11.8 Å². The molecule has 0 N–H and O–H groups in total. The molecule has 3 rings (SSSR count). The summed E-state index contributed by atoms with van der Waals surface area (Å²) in [5, 5.41) is 0. The molecule has 0 spiro atoms. The molecule has 0 aliphatic carbocycles. The minimum Gasteiger partial charge on any atom is -0.262 e. The zero-order valence-corrected chi connectivity index (χ0v) is 14.0. The Hall–Kier alpha value is -2.73. The molecule has 0 radical (unpaired) electrons. The Kier molecular flexibility index (Phi) is 4.81. The zero-order chi connectivity index (χ0) is 17.9. The summed E-state index contributed by atoms with van der Waals surface area (Å²) in [7, 11) is -4.14. The summed E-state index contributed by atoms with van der Waals surface area (Å²) in [6.07, 6.45) is 0. The molecule has 0 aliphatic rings. The number of para-hydroxylation sites is 1. The summed E-state index contributed by atoms with van der Waals surface area (Å²) < 4.78 is 54.3. The highest BCUT2D eigenvalue weighted by molar-refractivity contribution is 7.92. The molecule has 25 heavy (non-hydrogen) atoms. The van der Waals surface area contributed by atoms with Gasteiger partial charge in [-0.15, -0.1) is 0 Å². The van der Waals surface area contributed by atoms with Crippen LogP contribution in [0, 0.1) is 11.6 Å². The Balaban J connectivity index is 2.10. The summed E-state index contributed by atoms with van der Waals surface area (Å²) >= 11 is 0. The van der Waals surface area contributed by atoms with Crippen LogP contribution in [-0.2, 0) is 16.6 Å². The average molecular weight is 359 g/mol. The maximum atomic E-state index is 13.5. The van der Waals surface area contributed by atoms with Crippen LogP contribution in [-0.4, -0.2) is 8.42 Å². The third-order valence-corrected chi connectivity index (χ3v) is 5.39. The van der Waals surface area contributed by atoms with Crippen molar-refractivity contribution >= 4 is 15.7 Å².